The third kappa shape index (κ3) is 3.37. The second-order valence-corrected chi connectivity index (χ2v) is 4.33. The van der Waals surface area contributed by atoms with Gasteiger partial charge < -0.3 is 4.74 Å². The Morgan fingerprint density at radius 2 is 1.45 bits per heavy atom. The van der Waals surface area contributed by atoms with E-state index in [9.17, 15) is 0 Å². The van der Waals surface area contributed by atoms with Gasteiger partial charge in [0.25, 0.3) is 0 Å². The van der Waals surface area contributed by atoms with Crippen molar-refractivity contribution in [2.24, 2.45) is 0 Å². The molecule has 3 rings (SSSR count). The van der Waals surface area contributed by atoms with Crippen LogP contribution in [0.5, 0.6) is 5.75 Å². The van der Waals surface area contributed by atoms with Crippen molar-refractivity contribution in [1.29, 1.82) is 10.5 Å². The van der Waals surface area contributed by atoms with Crippen molar-refractivity contribution in [2.75, 3.05) is 6.61 Å². The van der Waals surface area contributed by atoms with Crippen molar-refractivity contribution >= 4 is 0 Å². The summed E-state index contributed by atoms with van der Waals surface area (Å²) in [5, 5.41) is 16.9. The lowest BCUT2D eigenvalue weighted by atomic mass is 10.1. The van der Waals surface area contributed by atoms with E-state index in [2.05, 4.69) is 12.1 Å². The molecular formula is C17H14N2O. The fourth-order valence-electron chi connectivity index (χ4n) is 1.97. The molecule has 0 radical (unpaired) electrons. The van der Waals surface area contributed by atoms with Gasteiger partial charge in [0, 0.05) is 0 Å². The van der Waals surface area contributed by atoms with Crippen LogP contribution in [-0.4, -0.2) is 6.61 Å². The lowest BCUT2D eigenvalue weighted by Crippen LogP contribution is -2.07. The van der Waals surface area contributed by atoms with E-state index < -0.39 is 0 Å². The molecule has 20 heavy (non-hydrogen) atoms. The van der Waals surface area contributed by atoms with E-state index in [4.69, 9.17) is 15.3 Å². The molecular weight excluding hydrogens is 248 g/mol. The number of fused-ring (bicyclic) bond motifs is 1. The molecule has 3 heteroatoms. The minimum atomic E-state index is 0.435. The van der Waals surface area contributed by atoms with Crippen LogP contribution < -0.4 is 4.74 Å². The third-order valence-corrected chi connectivity index (χ3v) is 2.99. The van der Waals surface area contributed by atoms with E-state index in [-0.39, 0.29) is 0 Å². The first kappa shape index (κ1) is 13.6. The number of hydrogen-bond acceptors (Lipinski definition) is 3. The van der Waals surface area contributed by atoms with Crippen LogP contribution in [0.4, 0.5) is 0 Å². The van der Waals surface area contributed by atoms with Crippen molar-refractivity contribution in [3.05, 3.63) is 65.2 Å². The van der Waals surface area contributed by atoms with Crippen LogP contribution in [0.25, 0.3) is 0 Å². The maximum Gasteiger partial charge on any atom is 0.122 e. The van der Waals surface area contributed by atoms with Gasteiger partial charge in [-0.25, -0.2) is 0 Å². The van der Waals surface area contributed by atoms with Gasteiger partial charge in [-0.05, 0) is 36.6 Å². The first-order chi connectivity index (χ1) is 9.85. The number of nitrogens with zero attached hydrogens (tertiary/aromatic N) is 2. The number of hydrogen-bond donors (Lipinski definition) is 0. The summed E-state index contributed by atoms with van der Waals surface area (Å²) in [7, 11) is 0. The van der Waals surface area contributed by atoms with E-state index in [1.807, 2.05) is 24.3 Å². The molecule has 0 fully saturated rings. The standard InChI is InChI=1S/C9H10O.C8H4N2/c1-2-6-9-8(4-1)5-3-7-10-9;9-5-7-3-1-2-4-8(7)6-10/h1-2,4,6H,3,5,7H2;1-4H. The molecule has 1 aliphatic heterocycles. The van der Waals surface area contributed by atoms with Crippen molar-refractivity contribution < 1.29 is 4.74 Å². The Bertz CT molecular complexity index is 607. The zero-order chi connectivity index (χ0) is 14.2. The highest BCUT2D eigenvalue weighted by Crippen LogP contribution is 2.23. The van der Waals surface area contributed by atoms with Crippen molar-refractivity contribution in [3.8, 4) is 17.9 Å². The molecule has 0 spiro atoms. The van der Waals surface area contributed by atoms with Crippen LogP contribution in [0.2, 0.25) is 0 Å². The van der Waals surface area contributed by atoms with Gasteiger partial charge in [0.2, 0.25) is 0 Å². The topological polar surface area (TPSA) is 56.8 Å². The molecule has 0 aromatic heterocycles. The molecule has 0 saturated heterocycles. The van der Waals surface area contributed by atoms with Crippen LogP contribution >= 0.6 is 0 Å². The monoisotopic (exact) mass is 262 g/mol. The Morgan fingerprint density at radius 1 is 0.850 bits per heavy atom. The molecule has 98 valence electrons. The second kappa shape index (κ2) is 6.97. The van der Waals surface area contributed by atoms with Crippen molar-refractivity contribution in [1.82, 2.24) is 0 Å². The van der Waals surface area contributed by atoms with Crippen molar-refractivity contribution in [2.45, 2.75) is 12.8 Å². The molecule has 0 amide bonds. The molecule has 0 unspecified atom stereocenters. The Kier molecular flexibility index (Phi) is 4.76. The molecule has 2 aromatic rings. The number of rotatable bonds is 0. The lowest BCUT2D eigenvalue weighted by molar-refractivity contribution is 0.288. The summed E-state index contributed by atoms with van der Waals surface area (Å²) in [6.45, 7) is 0.886. The second-order valence-electron chi connectivity index (χ2n) is 4.33. The average Bonchev–Trinajstić information content (AvgIpc) is 2.55. The summed E-state index contributed by atoms with van der Waals surface area (Å²) in [4.78, 5) is 0. The molecule has 0 saturated carbocycles. The number of ether oxygens (including phenoxy) is 1. The first-order valence-corrected chi connectivity index (χ1v) is 6.45. The van der Waals surface area contributed by atoms with Crippen LogP contribution in [0.15, 0.2) is 48.5 Å². The summed E-state index contributed by atoms with van der Waals surface area (Å²) in [5.41, 5.74) is 2.23. The van der Waals surface area contributed by atoms with E-state index in [0.29, 0.717) is 11.1 Å². The van der Waals surface area contributed by atoms with Crippen molar-refractivity contribution in [3.63, 3.8) is 0 Å². The van der Waals surface area contributed by atoms with Crippen LogP contribution in [0.3, 0.4) is 0 Å². The highest BCUT2D eigenvalue weighted by Gasteiger charge is 2.06. The minimum absolute atomic E-state index is 0.435. The molecule has 1 heterocycles. The average molecular weight is 262 g/mol. The molecule has 0 bridgehead atoms. The van der Waals surface area contributed by atoms with Gasteiger partial charge in [-0.3, -0.25) is 0 Å². The predicted molar refractivity (Wildman–Crippen MR) is 76.1 cm³/mol. The number of para-hydroxylation sites is 1. The van der Waals surface area contributed by atoms with E-state index in [1.165, 1.54) is 12.0 Å². The lowest BCUT2D eigenvalue weighted by Gasteiger charge is -2.15. The molecule has 0 aliphatic carbocycles. The van der Waals surface area contributed by atoms with Crippen LogP contribution in [0.1, 0.15) is 23.1 Å². The van der Waals surface area contributed by atoms with E-state index in [0.717, 1.165) is 18.8 Å². The van der Waals surface area contributed by atoms with Gasteiger partial charge in [0.1, 0.15) is 17.9 Å². The highest BCUT2D eigenvalue weighted by molar-refractivity contribution is 5.44. The zero-order valence-electron chi connectivity index (χ0n) is 11.0. The van der Waals surface area contributed by atoms with E-state index in [1.54, 1.807) is 24.3 Å². The van der Waals surface area contributed by atoms with Gasteiger partial charge in [-0.2, -0.15) is 10.5 Å². The summed E-state index contributed by atoms with van der Waals surface area (Å²) < 4.78 is 5.42. The molecule has 1 aliphatic rings. The molecule has 0 atom stereocenters. The SMILES string of the molecule is N#Cc1ccccc1C#N.c1ccc2c(c1)CCCO2. The van der Waals surface area contributed by atoms with Gasteiger partial charge in [-0.15, -0.1) is 0 Å². The minimum Gasteiger partial charge on any atom is -0.493 e. The fourth-order valence-corrected chi connectivity index (χ4v) is 1.97. The van der Waals surface area contributed by atoms with Crippen LogP contribution in [-0.2, 0) is 6.42 Å². The Labute approximate surface area is 118 Å². The Morgan fingerprint density at radius 3 is 2.05 bits per heavy atom. The number of aryl methyl sites for hydroxylation is 1. The summed E-state index contributed by atoms with van der Waals surface area (Å²) in [6, 6.07) is 18.8. The van der Waals surface area contributed by atoms with Gasteiger partial charge in [-0.1, -0.05) is 30.3 Å². The Hall–Kier alpha value is -2.78. The Balaban J connectivity index is 0.000000147. The predicted octanol–water partition coefficient (Wildman–Crippen LogP) is 3.44. The zero-order valence-corrected chi connectivity index (χ0v) is 11.0. The third-order valence-electron chi connectivity index (χ3n) is 2.99. The summed E-state index contributed by atoms with van der Waals surface area (Å²) in [5.74, 6) is 1.08. The molecule has 2 aromatic carbocycles. The fraction of sp³-hybridized carbons (Fsp3) is 0.176. The number of benzene rings is 2. The maximum absolute atomic E-state index is 8.45. The maximum atomic E-state index is 8.45. The van der Waals surface area contributed by atoms with Gasteiger partial charge in [0.05, 0.1) is 17.7 Å². The largest absolute Gasteiger partial charge is 0.493 e. The molecule has 0 N–H and O–H groups in total. The van der Waals surface area contributed by atoms with Crippen LogP contribution in [0, 0.1) is 22.7 Å². The summed E-state index contributed by atoms with van der Waals surface area (Å²) >= 11 is 0. The molecule has 3 nitrogen and oxygen atoms in total. The highest BCUT2D eigenvalue weighted by atomic mass is 16.5. The first-order valence-electron chi connectivity index (χ1n) is 6.45. The number of nitriles is 2. The van der Waals surface area contributed by atoms with E-state index >= 15 is 0 Å². The van der Waals surface area contributed by atoms with Gasteiger partial charge in [0.15, 0.2) is 0 Å². The quantitative estimate of drug-likeness (QED) is 0.730. The summed E-state index contributed by atoms with van der Waals surface area (Å²) in [6.07, 6.45) is 2.34. The smallest absolute Gasteiger partial charge is 0.122 e. The van der Waals surface area contributed by atoms with Gasteiger partial charge >= 0.3 is 0 Å². The normalized spacial score (nSPS) is 11.7.